The van der Waals surface area contributed by atoms with Crippen LogP contribution in [0.2, 0.25) is 0 Å². The summed E-state index contributed by atoms with van der Waals surface area (Å²) in [6, 6.07) is 0. The molecule has 12 heavy (non-hydrogen) atoms. The molecule has 0 aliphatic heterocycles. The summed E-state index contributed by atoms with van der Waals surface area (Å²) in [6.07, 6.45) is 10.6. The predicted octanol–water partition coefficient (Wildman–Crippen LogP) is 4.00. The van der Waals surface area contributed by atoms with Gasteiger partial charge in [0.25, 0.3) is 0 Å². The van der Waals surface area contributed by atoms with Gasteiger partial charge in [-0.05, 0) is 30.1 Å². The van der Waals surface area contributed by atoms with Gasteiger partial charge in [0, 0.05) is 0 Å². The Kier molecular flexibility index (Phi) is 2.18. The van der Waals surface area contributed by atoms with Crippen molar-refractivity contribution >= 4 is 0 Å². The Hall–Kier alpha value is 0. The third-order valence-corrected chi connectivity index (χ3v) is 4.77. The summed E-state index contributed by atoms with van der Waals surface area (Å²) in [6.45, 7) is 5.00. The minimum Gasteiger partial charge on any atom is -0.0620 e. The average molecular weight is 166 g/mol. The van der Waals surface area contributed by atoms with Gasteiger partial charge in [-0.1, -0.05) is 46.0 Å². The Labute approximate surface area is 76.7 Å². The van der Waals surface area contributed by atoms with Gasteiger partial charge >= 0.3 is 0 Å². The van der Waals surface area contributed by atoms with Crippen LogP contribution >= 0.6 is 0 Å². The normalized spacial score (nSPS) is 40.5. The van der Waals surface area contributed by atoms with Crippen molar-refractivity contribution in [3.8, 4) is 0 Å². The highest BCUT2D eigenvalue weighted by atomic mass is 14.5. The van der Waals surface area contributed by atoms with Crippen LogP contribution in [0, 0.1) is 17.3 Å². The Morgan fingerprint density at radius 1 is 0.833 bits per heavy atom. The summed E-state index contributed by atoms with van der Waals surface area (Å²) in [5.41, 5.74) is 0.790. The first-order valence-electron chi connectivity index (χ1n) is 5.76. The lowest BCUT2D eigenvalue weighted by atomic mass is 9.60. The lowest BCUT2D eigenvalue weighted by Crippen LogP contribution is -2.36. The molecule has 2 atom stereocenters. The zero-order valence-corrected chi connectivity index (χ0v) is 8.60. The first-order valence-corrected chi connectivity index (χ1v) is 5.76. The van der Waals surface area contributed by atoms with Gasteiger partial charge in [-0.15, -0.1) is 0 Å². The van der Waals surface area contributed by atoms with Gasteiger partial charge in [-0.2, -0.15) is 0 Å². The van der Waals surface area contributed by atoms with Crippen LogP contribution in [0.15, 0.2) is 0 Å². The topological polar surface area (TPSA) is 0 Å². The monoisotopic (exact) mass is 166 g/mol. The van der Waals surface area contributed by atoms with Crippen LogP contribution in [0.3, 0.4) is 0 Å². The molecule has 2 rings (SSSR count). The molecule has 0 nitrogen and oxygen atoms in total. The van der Waals surface area contributed by atoms with Crippen molar-refractivity contribution in [1.29, 1.82) is 0 Å². The molecule has 0 heteroatoms. The summed E-state index contributed by atoms with van der Waals surface area (Å²) >= 11 is 0. The fourth-order valence-electron chi connectivity index (χ4n) is 3.81. The summed E-state index contributed by atoms with van der Waals surface area (Å²) in [4.78, 5) is 0. The molecule has 0 aromatic carbocycles. The van der Waals surface area contributed by atoms with E-state index in [-0.39, 0.29) is 0 Å². The Bertz CT molecular complexity index is 141. The second-order valence-electron chi connectivity index (χ2n) is 5.17. The average Bonchev–Trinajstić information content (AvgIpc) is 2.50. The number of hydrogen-bond acceptors (Lipinski definition) is 0. The van der Waals surface area contributed by atoms with Crippen LogP contribution in [0.25, 0.3) is 0 Å². The number of hydrogen-bond donors (Lipinski definition) is 0. The molecule has 2 aliphatic rings. The van der Waals surface area contributed by atoms with Crippen LogP contribution in [0.4, 0.5) is 0 Å². The van der Waals surface area contributed by atoms with E-state index in [0.717, 1.165) is 17.3 Å². The molecule has 0 saturated heterocycles. The molecule has 2 fully saturated rings. The highest BCUT2D eigenvalue weighted by Crippen LogP contribution is 2.55. The van der Waals surface area contributed by atoms with Crippen LogP contribution in [-0.2, 0) is 0 Å². The lowest BCUT2D eigenvalue weighted by molar-refractivity contribution is 0.0493. The third kappa shape index (κ3) is 1.11. The summed E-state index contributed by atoms with van der Waals surface area (Å²) in [7, 11) is 0. The summed E-state index contributed by atoms with van der Waals surface area (Å²) in [5.74, 6) is 2.03. The highest BCUT2D eigenvalue weighted by Gasteiger charge is 2.44. The smallest absolute Gasteiger partial charge is 0.0246 e. The maximum Gasteiger partial charge on any atom is -0.0246 e. The van der Waals surface area contributed by atoms with E-state index in [1.807, 2.05) is 0 Å². The molecular weight excluding hydrogens is 144 g/mol. The van der Waals surface area contributed by atoms with Gasteiger partial charge in [0.1, 0.15) is 0 Å². The van der Waals surface area contributed by atoms with Crippen molar-refractivity contribution < 1.29 is 0 Å². The first-order chi connectivity index (χ1) is 5.76. The minimum atomic E-state index is 0.790. The molecule has 0 bridgehead atoms. The molecule has 0 heterocycles. The molecule has 0 unspecified atom stereocenters. The van der Waals surface area contributed by atoms with E-state index < -0.39 is 0 Å². The van der Waals surface area contributed by atoms with E-state index in [1.165, 1.54) is 44.9 Å². The maximum absolute atomic E-state index is 2.50. The van der Waals surface area contributed by atoms with Crippen molar-refractivity contribution in [2.24, 2.45) is 17.3 Å². The van der Waals surface area contributed by atoms with Gasteiger partial charge in [-0.25, -0.2) is 0 Å². The summed E-state index contributed by atoms with van der Waals surface area (Å²) in [5, 5.41) is 0. The molecule has 0 radical (unpaired) electrons. The predicted molar refractivity (Wildman–Crippen MR) is 53.1 cm³/mol. The number of rotatable bonds is 0. The van der Waals surface area contributed by atoms with Crippen molar-refractivity contribution in [3.05, 3.63) is 0 Å². The maximum atomic E-state index is 2.50. The van der Waals surface area contributed by atoms with Crippen LogP contribution in [0.5, 0.6) is 0 Å². The van der Waals surface area contributed by atoms with Crippen LogP contribution in [0.1, 0.15) is 58.8 Å². The van der Waals surface area contributed by atoms with E-state index >= 15 is 0 Å². The SMILES string of the molecule is C[C@@H]1CCC[C@H](C)C12CCCC2. The van der Waals surface area contributed by atoms with Gasteiger partial charge < -0.3 is 0 Å². The molecule has 2 aliphatic carbocycles. The molecule has 70 valence electrons. The molecule has 0 amide bonds. The zero-order valence-electron chi connectivity index (χ0n) is 8.60. The van der Waals surface area contributed by atoms with Gasteiger partial charge in [-0.3, -0.25) is 0 Å². The van der Waals surface area contributed by atoms with E-state index in [2.05, 4.69) is 13.8 Å². The molecular formula is C12H22. The van der Waals surface area contributed by atoms with Crippen molar-refractivity contribution in [3.63, 3.8) is 0 Å². The zero-order chi connectivity index (χ0) is 8.60. The molecule has 0 aromatic rings. The Morgan fingerprint density at radius 3 is 1.83 bits per heavy atom. The Morgan fingerprint density at radius 2 is 1.33 bits per heavy atom. The highest BCUT2D eigenvalue weighted by molar-refractivity contribution is 4.95. The van der Waals surface area contributed by atoms with E-state index in [9.17, 15) is 0 Å². The van der Waals surface area contributed by atoms with Crippen molar-refractivity contribution in [1.82, 2.24) is 0 Å². The molecule has 1 spiro atoms. The van der Waals surface area contributed by atoms with Crippen LogP contribution in [-0.4, -0.2) is 0 Å². The standard InChI is InChI=1S/C12H22/c1-10-6-5-7-11(2)12(10)8-3-4-9-12/h10-11H,3-9H2,1-2H3/t10-,11+. The summed E-state index contributed by atoms with van der Waals surface area (Å²) < 4.78 is 0. The fraction of sp³-hybridized carbons (Fsp3) is 1.00. The fourth-order valence-corrected chi connectivity index (χ4v) is 3.81. The third-order valence-electron chi connectivity index (χ3n) is 4.77. The quantitative estimate of drug-likeness (QED) is 0.510. The van der Waals surface area contributed by atoms with Gasteiger partial charge in [0.2, 0.25) is 0 Å². The van der Waals surface area contributed by atoms with E-state index in [1.54, 1.807) is 0 Å². The van der Waals surface area contributed by atoms with Crippen molar-refractivity contribution in [2.45, 2.75) is 58.8 Å². The van der Waals surface area contributed by atoms with Crippen LogP contribution < -0.4 is 0 Å². The second kappa shape index (κ2) is 3.05. The molecule has 0 aromatic heterocycles. The van der Waals surface area contributed by atoms with E-state index in [0.29, 0.717) is 0 Å². The molecule has 2 saturated carbocycles. The largest absolute Gasteiger partial charge is 0.0620 e. The van der Waals surface area contributed by atoms with E-state index in [4.69, 9.17) is 0 Å². The Balaban J connectivity index is 2.16. The van der Waals surface area contributed by atoms with Gasteiger partial charge in [0.05, 0.1) is 0 Å². The van der Waals surface area contributed by atoms with Crippen molar-refractivity contribution in [2.75, 3.05) is 0 Å². The minimum absolute atomic E-state index is 0.790. The van der Waals surface area contributed by atoms with Gasteiger partial charge in [0.15, 0.2) is 0 Å². The lowest BCUT2D eigenvalue weighted by Gasteiger charge is -2.45. The second-order valence-corrected chi connectivity index (χ2v) is 5.17. The first kappa shape index (κ1) is 8.59. The molecule has 0 N–H and O–H groups in total.